The first-order valence-corrected chi connectivity index (χ1v) is 14.6. The zero-order valence-electron chi connectivity index (χ0n) is 20.6. The van der Waals surface area contributed by atoms with E-state index in [0.717, 1.165) is 45.6 Å². The lowest BCUT2D eigenvalue weighted by Crippen LogP contribution is -2.42. The Kier molecular flexibility index (Phi) is 6.64. The second-order valence-electron chi connectivity index (χ2n) is 10.2. The van der Waals surface area contributed by atoms with E-state index in [9.17, 15) is 14.9 Å². The van der Waals surface area contributed by atoms with Crippen molar-refractivity contribution in [2.24, 2.45) is 11.1 Å². The highest BCUT2D eigenvalue weighted by atomic mass is 79.9. The summed E-state index contributed by atoms with van der Waals surface area (Å²) in [4.78, 5) is 30.9. The summed E-state index contributed by atoms with van der Waals surface area (Å²) < 4.78 is 6.42. The maximum atomic E-state index is 13.7. The molecular formula is C27H28BrN3O3S2. The number of fused-ring (bicyclic) bond motifs is 1. The van der Waals surface area contributed by atoms with E-state index < -0.39 is 5.92 Å². The summed E-state index contributed by atoms with van der Waals surface area (Å²) >= 11 is 6.58. The van der Waals surface area contributed by atoms with Crippen molar-refractivity contribution in [1.29, 1.82) is 5.26 Å². The summed E-state index contributed by atoms with van der Waals surface area (Å²) in [6.07, 6.45) is 4.80. The van der Waals surface area contributed by atoms with E-state index in [-0.39, 0.29) is 23.8 Å². The topological polar surface area (TPSA) is 96.4 Å². The number of esters is 1. The molecule has 36 heavy (non-hydrogen) atoms. The third-order valence-electron chi connectivity index (χ3n) is 7.09. The summed E-state index contributed by atoms with van der Waals surface area (Å²) in [5.41, 5.74) is 9.88. The molecule has 0 saturated heterocycles. The van der Waals surface area contributed by atoms with E-state index in [2.05, 4.69) is 35.8 Å². The Morgan fingerprint density at radius 1 is 1.28 bits per heavy atom. The Morgan fingerprint density at radius 2 is 2.03 bits per heavy atom. The van der Waals surface area contributed by atoms with E-state index in [1.807, 2.05) is 17.0 Å². The van der Waals surface area contributed by atoms with Gasteiger partial charge in [0.1, 0.15) is 10.8 Å². The number of anilines is 1. The number of allylic oxidation sites excluding steroid dienone is 3. The molecule has 2 aliphatic carbocycles. The van der Waals surface area contributed by atoms with Gasteiger partial charge in [-0.05, 0) is 78.1 Å². The van der Waals surface area contributed by atoms with Gasteiger partial charge >= 0.3 is 5.97 Å². The van der Waals surface area contributed by atoms with E-state index in [1.165, 1.54) is 16.2 Å². The molecule has 1 aliphatic heterocycles. The van der Waals surface area contributed by atoms with Crippen LogP contribution in [0.5, 0.6) is 0 Å². The summed E-state index contributed by atoms with van der Waals surface area (Å²) in [7, 11) is 0. The standard InChI is InChI=1S/C27H28BrN3O3S2/c1-4-34-26(33)22-14-7-5-6-8-18(14)36-25(22)31-16-11-27(2,3)12-17(32)23(16)21(15(13-29)24(31)30)19-9-10-20(28)35-19/h9-10,21H,4-8,11-12,30H2,1-3H3/t21-/m0/s1. The fourth-order valence-corrected chi connectivity index (χ4v) is 8.59. The predicted molar refractivity (Wildman–Crippen MR) is 146 cm³/mol. The molecule has 0 amide bonds. The molecule has 1 atom stereocenters. The average molecular weight is 587 g/mol. The number of hydrogen-bond acceptors (Lipinski definition) is 8. The molecule has 6 nitrogen and oxygen atoms in total. The van der Waals surface area contributed by atoms with Gasteiger partial charge in [0.25, 0.3) is 0 Å². The van der Waals surface area contributed by atoms with Crippen LogP contribution < -0.4 is 10.6 Å². The molecule has 2 aromatic heterocycles. The third-order valence-corrected chi connectivity index (χ3v) is 10.1. The van der Waals surface area contributed by atoms with Crippen LogP contribution in [0.4, 0.5) is 5.00 Å². The zero-order chi connectivity index (χ0) is 25.8. The largest absolute Gasteiger partial charge is 0.462 e. The van der Waals surface area contributed by atoms with Crippen molar-refractivity contribution in [3.63, 3.8) is 0 Å². The van der Waals surface area contributed by atoms with Crippen molar-refractivity contribution in [3.8, 4) is 6.07 Å². The van der Waals surface area contributed by atoms with Crippen LogP contribution in [0.2, 0.25) is 0 Å². The lowest BCUT2D eigenvalue weighted by molar-refractivity contribution is -0.118. The van der Waals surface area contributed by atoms with Gasteiger partial charge in [-0.2, -0.15) is 5.26 Å². The molecule has 0 aromatic carbocycles. The van der Waals surface area contributed by atoms with Gasteiger partial charge in [0.05, 0.1) is 33.5 Å². The maximum Gasteiger partial charge on any atom is 0.341 e. The smallest absolute Gasteiger partial charge is 0.341 e. The summed E-state index contributed by atoms with van der Waals surface area (Å²) in [6, 6.07) is 6.21. The number of carbonyl (C=O) groups is 2. The van der Waals surface area contributed by atoms with Crippen molar-refractivity contribution in [3.05, 3.63) is 59.5 Å². The lowest BCUT2D eigenvalue weighted by atomic mass is 9.70. The fraction of sp³-hybridized carbons (Fsp3) is 0.444. The van der Waals surface area contributed by atoms with Crippen molar-refractivity contribution in [2.45, 2.75) is 65.2 Å². The summed E-state index contributed by atoms with van der Waals surface area (Å²) in [6.45, 7) is 6.22. The Morgan fingerprint density at radius 3 is 2.69 bits per heavy atom. The molecule has 2 N–H and O–H groups in total. The van der Waals surface area contributed by atoms with Crippen LogP contribution in [-0.2, 0) is 22.4 Å². The molecule has 9 heteroatoms. The Balaban J connectivity index is 1.79. The minimum Gasteiger partial charge on any atom is -0.462 e. The van der Waals surface area contributed by atoms with Gasteiger partial charge in [-0.3, -0.25) is 9.69 Å². The number of ether oxygens (including phenoxy) is 1. The van der Waals surface area contributed by atoms with Crippen LogP contribution in [0.3, 0.4) is 0 Å². The van der Waals surface area contributed by atoms with Crippen LogP contribution in [0.25, 0.3) is 0 Å². The predicted octanol–water partition coefficient (Wildman–Crippen LogP) is 6.57. The van der Waals surface area contributed by atoms with Crippen LogP contribution >= 0.6 is 38.6 Å². The molecule has 0 spiro atoms. The van der Waals surface area contributed by atoms with Gasteiger partial charge in [-0.15, -0.1) is 22.7 Å². The first-order valence-electron chi connectivity index (χ1n) is 12.2. The average Bonchev–Trinajstić information content (AvgIpc) is 3.41. The number of Topliss-reactive ketones (excluding diaryl/α,β-unsaturated/α-hetero) is 1. The summed E-state index contributed by atoms with van der Waals surface area (Å²) in [5.74, 6) is -0.562. The van der Waals surface area contributed by atoms with E-state index in [1.54, 1.807) is 18.3 Å². The molecule has 2 aromatic rings. The van der Waals surface area contributed by atoms with Crippen molar-refractivity contribution < 1.29 is 14.3 Å². The van der Waals surface area contributed by atoms with Crippen molar-refractivity contribution >= 4 is 55.4 Å². The highest BCUT2D eigenvalue weighted by Gasteiger charge is 2.46. The number of rotatable bonds is 4. The van der Waals surface area contributed by atoms with Crippen molar-refractivity contribution in [2.75, 3.05) is 11.5 Å². The zero-order valence-corrected chi connectivity index (χ0v) is 23.8. The number of halogens is 1. The Hall–Kier alpha value is -2.41. The van der Waals surface area contributed by atoms with Gasteiger partial charge in [0, 0.05) is 27.4 Å². The normalized spacial score (nSPS) is 21.2. The summed E-state index contributed by atoms with van der Waals surface area (Å²) in [5, 5.41) is 11.0. The number of carbonyl (C=O) groups excluding carboxylic acids is 2. The quantitative estimate of drug-likeness (QED) is 0.407. The van der Waals surface area contributed by atoms with E-state index >= 15 is 0 Å². The third kappa shape index (κ3) is 4.13. The number of thiophene rings is 2. The van der Waals surface area contributed by atoms with Gasteiger partial charge in [-0.1, -0.05) is 13.8 Å². The maximum absolute atomic E-state index is 13.7. The minimum atomic E-state index is -0.512. The molecule has 3 heterocycles. The molecule has 0 radical (unpaired) electrons. The van der Waals surface area contributed by atoms with Gasteiger partial charge in [0.15, 0.2) is 5.78 Å². The minimum absolute atomic E-state index is 0.0278. The monoisotopic (exact) mass is 585 g/mol. The first kappa shape index (κ1) is 25.2. The molecule has 0 saturated carbocycles. The SMILES string of the molecule is CCOC(=O)c1c(N2C(N)=C(C#N)[C@@H](c3ccc(Br)s3)C3=C2CC(C)(C)CC3=O)sc2c1CCCC2. The second kappa shape index (κ2) is 9.47. The van der Waals surface area contributed by atoms with Gasteiger partial charge < -0.3 is 10.5 Å². The van der Waals surface area contributed by atoms with E-state index in [4.69, 9.17) is 10.5 Å². The lowest BCUT2D eigenvalue weighted by Gasteiger charge is -2.43. The van der Waals surface area contributed by atoms with Gasteiger partial charge in [-0.25, -0.2) is 4.79 Å². The van der Waals surface area contributed by atoms with Crippen LogP contribution in [0.1, 0.15) is 78.0 Å². The van der Waals surface area contributed by atoms with Gasteiger partial charge in [0.2, 0.25) is 0 Å². The number of hydrogen-bond donors (Lipinski definition) is 1. The second-order valence-corrected chi connectivity index (χ2v) is 13.8. The number of aryl methyl sites for hydroxylation is 1. The van der Waals surface area contributed by atoms with E-state index in [0.29, 0.717) is 40.4 Å². The van der Waals surface area contributed by atoms with Crippen LogP contribution in [0.15, 0.2) is 38.6 Å². The van der Waals surface area contributed by atoms with Crippen LogP contribution in [0, 0.1) is 16.7 Å². The fourth-order valence-electron chi connectivity index (χ4n) is 5.63. The van der Waals surface area contributed by atoms with Crippen molar-refractivity contribution in [1.82, 2.24) is 0 Å². The number of nitriles is 1. The highest BCUT2D eigenvalue weighted by Crippen LogP contribution is 2.53. The Labute approximate surface area is 227 Å². The molecule has 0 fully saturated rings. The molecule has 3 aliphatic rings. The Bertz CT molecular complexity index is 1370. The molecule has 5 rings (SSSR count). The molecular weight excluding hydrogens is 558 g/mol. The number of nitrogens with two attached hydrogens (primary N) is 1. The molecule has 0 bridgehead atoms. The first-order chi connectivity index (χ1) is 17.2. The number of nitrogens with zero attached hydrogens (tertiary/aromatic N) is 2. The number of ketones is 1. The van der Waals surface area contributed by atoms with Crippen LogP contribution in [-0.4, -0.2) is 18.4 Å². The highest BCUT2D eigenvalue weighted by molar-refractivity contribution is 9.11. The molecule has 188 valence electrons. The molecule has 0 unspecified atom stereocenters.